The minimum Gasteiger partial charge on any atom is -0.369 e. The van der Waals surface area contributed by atoms with Crippen molar-refractivity contribution in [3.05, 3.63) is 114 Å². The summed E-state index contributed by atoms with van der Waals surface area (Å²) >= 11 is 0. The molecule has 2 aliphatic heterocycles. The van der Waals surface area contributed by atoms with E-state index in [4.69, 9.17) is 0 Å². The molecule has 9 nitrogen and oxygen atoms in total. The fraction of sp³-hybridized carbons (Fsp3) is 0.342. The van der Waals surface area contributed by atoms with Crippen LogP contribution < -0.4 is 9.62 Å². The minimum absolute atomic E-state index is 0.173. The van der Waals surface area contributed by atoms with Crippen LogP contribution in [0.5, 0.6) is 0 Å². The topological polar surface area (TPSA) is 120 Å². The van der Waals surface area contributed by atoms with Gasteiger partial charge in [-0.15, -0.1) is 0 Å². The number of likely N-dealkylation sites (tertiary alicyclic amines) is 1. The maximum absolute atomic E-state index is 14.1. The predicted molar refractivity (Wildman–Crippen MR) is 186 cm³/mol. The zero-order valence-corrected chi connectivity index (χ0v) is 29.9. The van der Waals surface area contributed by atoms with Gasteiger partial charge in [0.25, 0.3) is 15.6 Å². The molecular formula is C38H35F7N4O5S. The molecule has 2 aliphatic rings. The molecule has 1 unspecified atom stereocenters. The number of carbonyl (C=O) groups is 2. The van der Waals surface area contributed by atoms with E-state index in [9.17, 15) is 53.8 Å². The predicted octanol–water partition coefficient (Wildman–Crippen LogP) is 6.97. The zero-order valence-electron chi connectivity index (χ0n) is 29.1. The van der Waals surface area contributed by atoms with Crippen molar-refractivity contribution in [1.29, 1.82) is 0 Å². The number of anilines is 1. The molecule has 1 aromatic heterocycles. The number of aromatic nitrogens is 1. The summed E-state index contributed by atoms with van der Waals surface area (Å²) in [6.45, 7) is 1.96. The largest absolute Gasteiger partial charge is 0.430 e. The summed E-state index contributed by atoms with van der Waals surface area (Å²) < 4.78 is 125. The van der Waals surface area contributed by atoms with Gasteiger partial charge in [0.2, 0.25) is 11.8 Å². The van der Waals surface area contributed by atoms with E-state index in [0.717, 1.165) is 51.3 Å². The van der Waals surface area contributed by atoms with Crippen LogP contribution in [-0.4, -0.2) is 66.2 Å². The lowest BCUT2D eigenvalue weighted by molar-refractivity contribution is -0.376. The van der Waals surface area contributed by atoms with Crippen LogP contribution >= 0.6 is 0 Å². The summed E-state index contributed by atoms with van der Waals surface area (Å²) in [5, 5.41) is 13.0. The van der Waals surface area contributed by atoms with Crippen LogP contribution in [0, 0.1) is 5.82 Å². The number of aliphatic hydroxyl groups is 1. The van der Waals surface area contributed by atoms with Gasteiger partial charge in [0.1, 0.15) is 11.9 Å². The fourth-order valence-electron chi connectivity index (χ4n) is 7.15. The van der Waals surface area contributed by atoms with Crippen molar-refractivity contribution in [3.63, 3.8) is 0 Å². The second-order valence-corrected chi connectivity index (χ2v) is 15.4. The van der Waals surface area contributed by atoms with Gasteiger partial charge in [0.05, 0.1) is 22.7 Å². The van der Waals surface area contributed by atoms with Crippen LogP contribution in [0.3, 0.4) is 0 Å². The van der Waals surface area contributed by atoms with Gasteiger partial charge >= 0.3 is 12.4 Å². The smallest absolute Gasteiger partial charge is 0.369 e. The number of nitrogens with one attached hydrogen (secondary N) is 1. The lowest BCUT2D eigenvalue weighted by atomic mass is 9.87. The Hall–Kier alpha value is -5.03. The molecule has 55 heavy (non-hydrogen) atoms. The Balaban J connectivity index is 1.27. The molecule has 3 atom stereocenters. The van der Waals surface area contributed by atoms with Crippen LogP contribution in [0.1, 0.15) is 55.3 Å². The van der Waals surface area contributed by atoms with E-state index in [1.54, 1.807) is 25.4 Å². The Morgan fingerprint density at radius 1 is 0.927 bits per heavy atom. The molecule has 0 spiro atoms. The van der Waals surface area contributed by atoms with Crippen molar-refractivity contribution in [2.45, 2.75) is 80.0 Å². The van der Waals surface area contributed by atoms with Crippen LogP contribution in [-0.2, 0) is 31.6 Å². The molecule has 1 fully saturated rings. The Morgan fingerprint density at radius 3 is 2.27 bits per heavy atom. The third-order valence-corrected chi connectivity index (χ3v) is 11.9. The third kappa shape index (κ3) is 7.63. The van der Waals surface area contributed by atoms with Gasteiger partial charge in [0, 0.05) is 30.9 Å². The highest BCUT2D eigenvalue weighted by Gasteiger charge is 2.71. The van der Waals surface area contributed by atoms with Crippen molar-refractivity contribution >= 4 is 27.5 Å². The molecule has 2 amide bonds. The number of rotatable bonds is 9. The van der Waals surface area contributed by atoms with Crippen molar-refractivity contribution in [1.82, 2.24) is 15.2 Å². The molecule has 6 rings (SSSR count). The SMILES string of the molecule is C[C@@H](NC(=O)C1CCCN1C(=O)C[C@@H]1CCc2cc(C(O)(C(F)(F)F)C(F)(F)F)ccc2N1S(=O)(=O)c1ccc(F)cc1)c1cccc(-c2cccnc2)c1. The lowest BCUT2D eigenvalue weighted by Crippen LogP contribution is -2.54. The van der Waals surface area contributed by atoms with E-state index in [0.29, 0.717) is 25.0 Å². The summed E-state index contributed by atoms with van der Waals surface area (Å²) in [5.41, 5.74) is -4.86. The first-order chi connectivity index (χ1) is 25.8. The van der Waals surface area contributed by atoms with Crippen LogP contribution in [0.2, 0.25) is 0 Å². The number of alkyl halides is 6. The number of amides is 2. The van der Waals surface area contributed by atoms with E-state index in [-0.39, 0.29) is 30.6 Å². The summed E-state index contributed by atoms with van der Waals surface area (Å²) in [7, 11) is -4.71. The quantitative estimate of drug-likeness (QED) is 0.177. The van der Waals surface area contributed by atoms with Gasteiger partial charge in [-0.05, 0) is 97.3 Å². The normalized spacial score (nSPS) is 18.5. The van der Waals surface area contributed by atoms with Crippen LogP contribution in [0.15, 0.2) is 96.2 Å². The van der Waals surface area contributed by atoms with Crippen molar-refractivity contribution < 1.29 is 53.8 Å². The number of hydrogen-bond donors (Lipinski definition) is 2. The number of carbonyl (C=O) groups excluding carboxylic acids is 2. The van der Waals surface area contributed by atoms with E-state index < -0.39 is 80.6 Å². The van der Waals surface area contributed by atoms with Gasteiger partial charge in [-0.25, -0.2) is 12.8 Å². The van der Waals surface area contributed by atoms with Gasteiger partial charge in [-0.3, -0.25) is 18.9 Å². The molecule has 4 aromatic rings. The van der Waals surface area contributed by atoms with E-state index in [2.05, 4.69) is 10.3 Å². The highest BCUT2D eigenvalue weighted by Crippen LogP contribution is 2.51. The number of sulfonamides is 1. The Kier molecular flexibility index (Phi) is 10.7. The van der Waals surface area contributed by atoms with Crippen molar-refractivity contribution in [2.24, 2.45) is 0 Å². The van der Waals surface area contributed by atoms with Gasteiger partial charge < -0.3 is 15.3 Å². The molecule has 0 bridgehead atoms. The summed E-state index contributed by atoms with van der Waals surface area (Å²) in [6, 6.07) is 13.7. The Morgan fingerprint density at radius 2 is 1.62 bits per heavy atom. The lowest BCUT2D eigenvalue weighted by Gasteiger charge is -2.39. The first-order valence-corrected chi connectivity index (χ1v) is 18.7. The highest BCUT2D eigenvalue weighted by molar-refractivity contribution is 7.92. The second-order valence-electron chi connectivity index (χ2n) is 13.5. The van der Waals surface area contributed by atoms with E-state index >= 15 is 0 Å². The highest BCUT2D eigenvalue weighted by atomic mass is 32.2. The Labute approximate surface area is 311 Å². The van der Waals surface area contributed by atoms with Crippen LogP contribution in [0.4, 0.5) is 36.4 Å². The summed E-state index contributed by atoms with van der Waals surface area (Å²) in [4.78, 5) is 32.6. The first-order valence-electron chi connectivity index (χ1n) is 17.2. The van der Waals surface area contributed by atoms with E-state index in [1.807, 2.05) is 30.3 Å². The van der Waals surface area contributed by atoms with Gasteiger partial charge in [0.15, 0.2) is 0 Å². The zero-order chi connectivity index (χ0) is 39.9. The van der Waals surface area contributed by atoms with Crippen LogP contribution in [0.25, 0.3) is 11.1 Å². The fourth-order valence-corrected chi connectivity index (χ4v) is 8.87. The number of benzene rings is 3. The first kappa shape index (κ1) is 39.7. The molecule has 0 radical (unpaired) electrons. The number of aryl methyl sites for hydroxylation is 1. The second kappa shape index (κ2) is 14.9. The average molecular weight is 793 g/mol. The van der Waals surface area contributed by atoms with E-state index in [1.165, 1.54) is 4.90 Å². The summed E-state index contributed by atoms with van der Waals surface area (Å²) in [6.07, 6.45) is -9.21. The minimum atomic E-state index is -6.18. The number of hydrogen-bond acceptors (Lipinski definition) is 6. The molecule has 292 valence electrons. The number of pyridine rings is 1. The third-order valence-electron chi connectivity index (χ3n) is 10.0. The number of nitrogens with zero attached hydrogens (tertiary/aromatic N) is 3. The standard InChI is InChI=1S/C38H35F7N4O5S/c1-23(24-5-2-6-25(19-24)27-7-3-17-46-22-27)47-35(51)33-8-4-18-48(33)34(50)21-30-13-9-26-20-28(36(52,37(40,41)42)38(43,44)45)10-16-32(26)49(30)55(53,54)31-14-11-29(39)12-15-31/h2-3,5-7,10-12,14-17,19-20,22-23,30,33,52H,4,8-9,13,18,21H2,1H3,(H,47,51)/t23-,30+,33?/m1/s1. The molecule has 0 aliphatic carbocycles. The maximum Gasteiger partial charge on any atom is 0.430 e. The molecule has 1 saturated heterocycles. The molecule has 2 N–H and O–H groups in total. The van der Waals surface area contributed by atoms with Crippen molar-refractivity contribution in [2.75, 3.05) is 10.8 Å². The molecule has 0 saturated carbocycles. The monoisotopic (exact) mass is 792 g/mol. The van der Waals surface area contributed by atoms with Crippen molar-refractivity contribution in [3.8, 4) is 11.1 Å². The molecular weight excluding hydrogens is 757 g/mol. The number of halogens is 7. The van der Waals surface area contributed by atoms with Gasteiger partial charge in [-0.2, -0.15) is 26.3 Å². The Bertz CT molecular complexity index is 2150. The maximum atomic E-state index is 14.1. The molecule has 3 aromatic carbocycles. The molecule has 17 heteroatoms. The number of fused-ring (bicyclic) bond motifs is 1. The van der Waals surface area contributed by atoms with Gasteiger partial charge in [-0.1, -0.05) is 36.4 Å². The summed E-state index contributed by atoms with van der Waals surface area (Å²) in [5.74, 6) is -1.82. The average Bonchev–Trinajstić information content (AvgIpc) is 3.64. The molecule has 3 heterocycles.